The van der Waals surface area contributed by atoms with E-state index in [0.29, 0.717) is 25.9 Å². The Labute approximate surface area is 215 Å². The van der Waals surface area contributed by atoms with Crippen LogP contribution in [0.25, 0.3) is 11.0 Å². The van der Waals surface area contributed by atoms with Crippen LogP contribution in [0.15, 0.2) is 47.5 Å². The molecule has 3 fully saturated rings. The molecule has 1 spiro atoms. The van der Waals surface area contributed by atoms with Gasteiger partial charge in [-0.25, -0.2) is 14.8 Å². The van der Waals surface area contributed by atoms with Crippen LogP contribution in [0, 0.1) is 5.41 Å². The number of para-hydroxylation sites is 2. The largest absolute Gasteiger partial charge is 0.351 e. The lowest BCUT2D eigenvalue weighted by Gasteiger charge is -2.33. The number of likely N-dealkylation sites (tertiary alicyclic amines) is 1. The van der Waals surface area contributed by atoms with E-state index < -0.39 is 6.04 Å². The van der Waals surface area contributed by atoms with Crippen molar-refractivity contribution in [2.45, 2.75) is 63.6 Å². The van der Waals surface area contributed by atoms with Crippen LogP contribution in [-0.2, 0) is 16.1 Å². The monoisotopic (exact) mass is 503 g/mol. The zero-order valence-corrected chi connectivity index (χ0v) is 20.9. The molecule has 2 aliphatic heterocycles. The van der Waals surface area contributed by atoms with Gasteiger partial charge in [0.25, 0.3) is 0 Å². The fourth-order valence-corrected chi connectivity index (χ4v) is 5.93. The van der Waals surface area contributed by atoms with Crippen molar-refractivity contribution in [2.24, 2.45) is 5.41 Å². The summed E-state index contributed by atoms with van der Waals surface area (Å²) in [6.45, 7) is 2.72. The highest BCUT2D eigenvalue weighted by atomic mass is 16.2. The number of hydrogen-bond acceptors (Lipinski definition) is 6. The second-order valence-electron chi connectivity index (χ2n) is 10.8. The van der Waals surface area contributed by atoms with Crippen molar-refractivity contribution < 1.29 is 9.59 Å². The smallest absolute Gasteiger partial charge is 0.326 e. The fourth-order valence-electron chi connectivity index (χ4n) is 5.93. The van der Waals surface area contributed by atoms with Gasteiger partial charge in [0.1, 0.15) is 6.04 Å². The first kappa shape index (κ1) is 23.7. The van der Waals surface area contributed by atoms with Gasteiger partial charge in [0.2, 0.25) is 17.8 Å². The zero-order chi connectivity index (χ0) is 25.4. The number of aromatic amines is 1. The van der Waals surface area contributed by atoms with Crippen molar-refractivity contribution in [3.63, 3.8) is 0 Å². The molecular formula is C27H33N7O3. The van der Waals surface area contributed by atoms with Gasteiger partial charge in [-0.2, -0.15) is 0 Å². The Morgan fingerprint density at radius 3 is 2.59 bits per heavy atom. The van der Waals surface area contributed by atoms with E-state index >= 15 is 0 Å². The summed E-state index contributed by atoms with van der Waals surface area (Å²) in [4.78, 5) is 54.4. The normalized spacial score (nSPS) is 21.0. The number of piperidine rings is 1. The first-order chi connectivity index (χ1) is 18.0. The van der Waals surface area contributed by atoms with Crippen molar-refractivity contribution in [3.8, 4) is 0 Å². The average Bonchev–Trinajstić information content (AvgIpc) is 3.45. The second kappa shape index (κ2) is 9.64. The highest BCUT2D eigenvalue weighted by Crippen LogP contribution is 2.55. The van der Waals surface area contributed by atoms with Crippen LogP contribution >= 0.6 is 0 Å². The van der Waals surface area contributed by atoms with Crippen LogP contribution in [0.4, 0.5) is 5.95 Å². The number of nitrogens with zero attached hydrogens (tertiary/aromatic N) is 5. The predicted octanol–water partition coefficient (Wildman–Crippen LogP) is 2.07. The first-order valence-electron chi connectivity index (χ1n) is 13.3. The molecule has 0 radical (unpaired) electrons. The van der Waals surface area contributed by atoms with Gasteiger partial charge in [0.05, 0.1) is 11.0 Å². The third-order valence-corrected chi connectivity index (χ3v) is 8.22. The van der Waals surface area contributed by atoms with E-state index in [1.807, 2.05) is 29.2 Å². The summed E-state index contributed by atoms with van der Waals surface area (Å²) in [6.07, 6.45) is 8.94. The number of fused-ring (bicyclic) bond motifs is 1. The second-order valence-corrected chi connectivity index (χ2v) is 10.8. The van der Waals surface area contributed by atoms with E-state index in [1.54, 1.807) is 23.0 Å². The van der Waals surface area contributed by atoms with Gasteiger partial charge in [-0.3, -0.25) is 14.2 Å². The molecule has 37 heavy (non-hydrogen) atoms. The molecule has 1 atom stereocenters. The molecule has 4 heterocycles. The predicted molar refractivity (Wildman–Crippen MR) is 139 cm³/mol. The number of anilines is 1. The molecule has 1 aromatic carbocycles. The highest BCUT2D eigenvalue weighted by Gasteiger charge is 2.55. The maximum Gasteiger partial charge on any atom is 0.326 e. The number of benzene rings is 1. The molecule has 2 saturated heterocycles. The number of aromatic nitrogens is 4. The van der Waals surface area contributed by atoms with Gasteiger partial charge < -0.3 is 20.1 Å². The lowest BCUT2D eigenvalue weighted by Crippen LogP contribution is -2.51. The Morgan fingerprint density at radius 2 is 1.84 bits per heavy atom. The van der Waals surface area contributed by atoms with Crippen LogP contribution < -0.4 is 15.9 Å². The minimum absolute atomic E-state index is 0.00728. The summed E-state index contributed by atoms with van der Waals surface area (Å²) >= 11 is 0. The van der Waals surface area contributed by atoms with E-state index in [0.717, 1.165) is 62.2 Å². The first-order valence-corrected chi connectivity index (χ1v) is 13.3. The van der Waals surface area contributed by atoms with Crippen molar-refractivity contribution in [1.29, 1.82) is 0 Å². The summed E-state index contributed by atoms with van der Waals surface area (Å²) in [7, 11) is 0. The van der Waals surface area contributed by atoms with Crippen molar-refractivity contribution in [2.75, 3.05) is 24.5 Å². The number of aryl methyl sites for hydroxylation is 1. The molecule has 6 rings (SSSR count). The average molecular weight is 504 g/mol. The summed E-state index contributed by atoms with van der Waals surface area (Å²) in [5.41, 5.74) is 1.61. The number of nitrogens with one attached hydrogen (secondary N) is 2. The number of amides is 2. The Balaban J connectivity index is 1.04. The molecule has 2 amide bonds. The summed E-state index contributed by atoms with van der Waals surface area (Å²) in [5, 5.41) is 3.24. The number of imidazole rings is 1. The van der Waals surface area contributed by atoms with E-state index in [9.17, 15) is 14.4 Å². The number of H-pyrrole nitrogens is 1. The van der Waals surface area contributed by atoms with Crippen LogP contribution in [-0.4, -0.2) is 68.0 Å². The molecule has 2 N–H and O–H groups in total. The van der Waals surface area contributed by atoms with Crippen LogP contribution in [0.5, 0.6) is 0 Å². The Kier molecular flexibility index (Phi) is 6.18. The number of carbonyl (C=O) groups excluding carboxylic acids is 2. The van der Waals surface area contributed by atoms with E-state index in [4.69, 9.17) is 0 Å². The standard InChI is InChI=1S/C27H33N7O3/c35-23(7-3-14-33-21-6-2-1-5-20(21)31-26(33)37)34-18-27(10-11-27)17-22(34)24(36)30-19-8-15-32(16-9-19)25-28-12-4-13-29-25/h1-2,4-6,12-13,19,22H,3,7-11,14-18H2,(H,30,36)(H,31,37)/t22-/m0/s1. The van der Waals surface area contributed by atoms with Gasteiger partial charge in [-0.1, -0.05) is 12.1 Å². The SMILES string of the molecule is O=C(NC1CCN(c2ncccn2)CC1)[C@@H]1CC2(CC2)CN1C(=O)CCCn1c(=O)[nH]c2ccccc21. The molecule has 1 aliphatic carbocycles. The quantitative estimate of drug-likeness (QED) is 0.510. The van der Waals surface area contributed by atoms with Gasteiger partial charge in [-0.05, 0) is 62.1 Å². The van der Waals surface area contributed by atoms with E-state index in [2.05, 4.69) is 25.2 Å². The van der Waals surface area contributed by atoms with Crippen LogP contribution in [0.1, 0.15) is 44.9 Å². The molecule has 3 aliphatic rings. The Bertz CT molecular complexity index is 1340. The van der Waals surface area contributed by atoms with Gasteiger partial charge in [0, 0.05) is 51.0 Å². The topological polar surface area (TPSA) is 116 Å². The zero-order valence-electron chi connectivity index (χ0n) is 20.9. The number of hydrogen-bond donors (Lipinski definition) is 2. The minimum atomic E-state index is -0.402. The molecule has 3 aromatic rings. The molecule has 0 bridgehead atoms. The Morgan fingerprint density at radius 1 is 1.08 bits per heavy atom. The third kappa shape index (κ3) is 4.84. The third-order valence-electron chi connectivity index (χ3n) is 8.22. The molecule has 10 nitrogen and oxygen atoms in total. The summed E-state index contributed by atoms with van der Waals surface area (Å²) in [5.74, 6) is 0.706. The fraction of sp³-hybridized carbons (Fsp3) is 0.519. The van der Waals surface area contributed by atoms with Gasteiger partial charge in [-0.15, -0.1) is 0 Å². The maximum atomic E-state index is 13.4. The van der Waals surface area contributed by atoms with Crippen molar-refractivity contribution in [1.82, 2.24) is 29.7 Å². The Hall–Kier alpha value is -3.69. The highest BCUT2D eigenvalue weighted by molar-refractivity contribution is 5.89. The summed E-state index contributed by atoms with van der Waals surface area (Å²) < 4.78 is 1.69. The van der Waals surface area contributed by atoms with Gasteiger partial charge >= 0.3 is 5.69 Å². The molecule has 0 unspecified atom stereocenters. The minimum Gasteiger partial charge on any atom is -0.351 e. The maximum absolute atomic E-state index is 13.4. The lowest BCUT2D eigenvalue weighted by molar-refractivity contribution is -0.139. The van der Waals surface area contributed by atoms with E-state index in [-0.39, 0.29) is 29.0 Å². The molecule has 1 saturated carbocycles. The molecule has 194 valence electrons. The number of rotatable bonds is 7. The van der Waals surface area contributed by atoms with Gasteiger partial charge in [0.15, 0.2) is 0 Å². The number of carbonyl (C=O) groups is 2. The lowest BCUT2D eigenvalue weighted by atomic mass is 10.0. The van der Waals surface area contributed by atoms with Crippen LogP contribution in [0.2, 0.25) is 0 Å². The molecule has 10 heteroatoms. The molecule has 2 aromatic heterocycles. The van der Waals surface area contributed by atoms with Crippen molar-refractivity contribution in [3.05, 3.63) is 53.2 Å². The van der Waals surface area contributed by atoms with Crippen molar-refractivity contribution >= 4 is 28.8 Å². The summed E-state index contributed by atoms with van der Waals surface area (Å²) in [6, 6.07) is 9.07. The molecular weight excluding hydrogens is 470 g/mol. The van der Waals surface area contributed by atoms with E-state index in [1.165, 1.54) is 0 Å². The van der Waals surface area contributed by atoms with Crippen LogP contribution in [0.3, 0.4) is 0 Å².